The van der Waals surface area contributed by atoms with E-state index < -0.39 is 0 Å². The fraction of sp³-hybridized carbons (Fsp3) is 0.241. The average Bonchev–Trinajstić information content (AvgIpc) is 3.32. The van der Waals surface area contributed by atoms with Crippen molar-refractivity contribution in [3.05, 3.63) is 83.9 Å². The molecule has 0 aliphatic heterocycles. The minimum Gasteiger partial charge on any atom is -0.494 e. The summed E-state index contributed by atoms with van der Waals surface area (Å²) in [5.74, 6) is 1.72. The monoisotopic (exact) mass is 470 g/mol. The third-order valence-electron chi connectivity index (χ3n) is 5.81. The Morgan fingerprint density at radius 2 is 1.43 bits per heavy atom. The topological polar surface area (TPSA) is 84.6 Å². The summed E-state index contributed by atoms with van der Waals surface area (Å²) in [6.07, 6.45) is 2.72. The molecule has 35 heavy (non-hydrogen) atoms. The Morgan fingerprint density at radius 3 is 2.06 bits per heavy atom. The van der Waals surface area contributed by atoms with Gasteiger partial charge in [0.1, 0.15) is 11.4 Å². The fourth-order valence-corrected chi connectivity index (χ4v) is 3.76. The molecule has 0 radical (unpaired) electrons. The van der Waals surface area contributed by atoms with E-state index in [1.165, 1.54) is 11.1 Å². The molecule has 0 bridgehead atoms. The second-order valence-corrected chi connectivity index (χ2v) is 8.65. The van der Waals surface area contributed by atoms with Crippen LogP contribution in [0.3, 0.4) is 0 Å². The average molecular weight is 471 g/mol. The minimum absolute atomic E-state index is 0.316. The lowest BCUT2D eigenvalue weighted by atomic mass is 10.0. The smallest absolute Gasteiger partial charge is 0.243 e. The highest BCUT2D eigenvalue weighted by Crippen LogP contribution is 2.36. The van der Waals surface area contributed by atoms with Crippen molar-refractivity contribution in [2.75, 3.05) is 6.61 Å². The molecule has 1 heterocycles. The molecule has 0 saturated carbocycles. The molecule has 2 N–H and O–H groups in total. The van der Waals surface area contributed by atoms with E-state index in [1.54, 1.807) is 5.48 Å². The van der Waals surface area contributed by atoms with Crippen molar-refractivity contribution < 1.29 is 19.2 Å². The van der Waals surface area contributed by atoms with E-state index in [4.69, 9.17) is 19.3 Å². The molecule has 0 aliphatic carbocycles. The standard InChI is InChI=1S/C29H30N2O4/c1-20-7-11-22(12-8-20)27-28(23-13-9-21(2)10-14-23)35-29(30-27)24-15-17-25(18-16-24)34-19-5-3-4-6-26(32)31-33/h7-18,33H,3-6,19H2,1-2H3,(H,31,32). The van der Waals surface area contributed by atoms with Crippen LogP contribution < -0.4 is 10.2 Å². The number of nitrogens with zero attached hydrogens (tertiary/aromatic N) is 1. The molecule has 1 aromatic heterocycles. The van der Waals surface area contributed by atoms with Crippen molar-refractivity contribution in [3.8, 4) is 39.8 Å². The molecule has 0 unspecified atom stereocenters. The van der Waals surface area contributed by atoms with Crippen LogP contribution in [0.15, 0.2) is 77.2 Å². The van der Waals surface area contributed by atoms with Crippen molar-refractivity contribution in [1.29, 1.82) is 0 Å². The number of amides is 1. The van der Waals surface area contributed by atoms with E-state index in [1.807, 2.05) is 24.3 Å². The summed E-state index contributed by atoms with van der Waals surface area (Å²) >= 11 is 0. The van der Waals surface area contributed by atoms with Crippen molar-refractivity contribution >= 4 is 5.91 Å². The largest absolute Gasteiger partial charge is 0.494 e. The number of rotatable bonds is 10. The van der Waals surface area contributed by atoms with Gasteiger partial charge in [-0.15, -0.1) is 0 Å². The van der Waals surface area contributed by atoms with Gasteiger partial charge in [-0.05, 0) is 57.4 Å². The van der Waals surface area contributed by atoms with Crippen molar-refractivity contribution in [1.82, 2.24) is 10.5 Å². The van der Waals surface area contributed by atoms with E-state index in [9.17, 15) is 4.79 Å². The maximum atomic E-state index is 11.0. The number of ether oxygens (including phenoxy) is 1. The van der Waals surface area contributed by atoms with E-state index >= 15 is 0 Å². The van der Waals surface area contributed by atoms with Gasteiger partial charge in [0.25, 0.3) is 0 Å². The highest BCUT2D eigenvalue weighted by molar-refractivity contribution is 5.79. The number of hydrogen-bond donors (Lipinski definition) is 2. The SMILES string of the molecule is Cc1ccc(-c2nc(-c3ccc(OCCCCCC(=O)NO)cc3)oc2-c2ccc(C)cc2)cc1. The van der Waals surface area contributed by atoms with Crippen LogP contribution in [0.1, 0.15) is 36.8 Å². The number of hydroxylamine groups is 1. The molecule has 180 valence electrons. The van der Waals surface area contributed by atoms with Crippen LogP contribution in [0, 0.1) is 13.8 Å². The van der Waals surface area contributed by atoms with Crippen molar-refractivity contribution in [3.63, 3.8) is 0 Å². The van der Waals surface area contributed by atoms with Crippen LogP contribution >= 0.6 is 0 Å². The molecule has 0 aliphatic rings. The lowest BCUT2D eigenvalue weighted by molar-refractivity contribution is -0.129. The number of oxazole rings is 1. The van der Waals surface area contributed by atoms with Crippen LogP contribution in [-0.2, 0) is 4.79 Å². The molecule has 4 rings (SSSR count). The maximum absolute atomic E-state index is 11.0. The number of hydrogen-bond acceptors (Lipinski definition) is 5. The number of unbranched alkanes of at least 4 members (excludes halogenated alkanes) is 2. The van der Waals surface area contributed by atoms with Crippen LogP contribution in [-0.4, -0.2) is 22.7 Å². The second kappa shape index (κ2) is 11.5. The Morgan fingerprint density at radius 1 is 0.829 bits per heavy atom. The number of carbonyl (C=O) groups is 1. The first-order chi connectivity index (χ1) is 17.0. The van der Waals surface area contributed by atoms with Gasteiger partial charge in [-0.1, -0.05) is 59.7 Å². The van der Waals surface area contributed by atoms with Gasteiger partial charge < -0.3 is 9.15 Å². The van der Waals surface area contributed by atoms with E-state index in [2.05, 4.69) is 62.4 Å². The summed E-state index contributed by atoms with van der Waals surface area (Å²) in [4.78, 5) is 15.9. The predicted molar refractivity (Wildman–Crippen MR) is 136 cm³/mol. The van der Waals surface area contributed by atoms with Gasteiger partial charge in [0.05, 0.1) is 6.61 Å². The Kier molecular flexibility index (Phi) is 7.95. The summed E-state index contributed by atoms with van der Waals surface area (Å²) in [6.45, 7) is 4.70. The Hall–Kier alpha value is -3.90. The van der Waals surface area contributed by atoms with Gasteiger partial charge in [-0.3, -0.25) is 10.0 Å². The summed E-state index contributed by atoms with van der Waals surface area (Å²) in [5.41, 5.74) is 7.72. The molecule has 3 aromatic carbocycles. The van der Waals surface area contributed by atoms with E-state index in [-0.39, 0.29) is 5.91 Å². The zero-order valence-corrected chi connectivity index (χ0v) is 20.1. The van der Waals surface area contributed by atoms with Gasteiger partial charge in [0.15, 0.2) is 5.76 Å². The number of carbonyl (C=O) groups excluding carboxylic acids is 1. The quantitative estimate of drug-likeness (QED) is 0.152. The van der Waals surface area contributed by atoms with Gasteiger partial charge in [-0.25, -0.2) is 10.5 Å². The fourth-order valence-electron chi connectivity index (χ4n) is 3.76. The van der Waals surface area contributed by atoms with Gasteiger partial charge in [0.2, 0.25) is 11.8 Å². The van der Waals surface area contributed by atoms with E-state index in [0.717, 1.165) is 46.7 Å². The molecule has 1 amide bonds. The Bertz CT molecular complexity index is 1180. The van der Waals surface area contributed by atoms with Crippen LogP contribution in [0.4, 0.5) is 0 Å². The minimum atomic E-state index is -0.357. The first-order valence-corrected chi connectivity index (χ1v) is 11.8. The number of aryl methyl sites for hydroxylation is 2. The lowest BCUT2D eigenvalue weighted by Gasteiger charge is -2.06. The van der Waals surface area contributed by atoms with Crippen LogP contribution in [0.25, 0.3) is 34.0 Å². The number of nitrogens with one attached hydrogen (secondary N) is 1. The second-order valence-electron chi connectivity index (χ2n) is 8.65. The van der Waals surface area contributed by atoms with Crippen LogP contribution in [0.2, 0.25) is 0 Å². The normalized spacial score (nSPS) is 10.8. The molecular formula is C29H30N2O4. The third kappa shape index (κ3) is 6.37. The predicted octanol–water partition coefficient (Wildman–Crippen LogP) is 6.74. The Labute approximate surface area is 205 Å². The highest BCUT2D eigenvalue weighted by Gasteiger charge is 2.18. The summed E-state index contributed by atoms with van der Waals surface area (Å²) in [5, 5.41) is 8.51. The zero-order chi connectivity index (χ0) is 24.6. The van der Waals surface area contributed by atoms with Gasteiger partial charge >= 0.3 is 0 Å². The summed E-state index contributed by atoms with van der Waals surface area (Å²) in [6, 6.07) is 24.3. The third-order valence-corrected chi connectivity index (χ3v) is 5.81. The Balaban J connectivity index is 1.48. The molecule has 4 aromatic rings. The van der Waals surface area contributed by atoms with Gasteiger partial charge in [0, 0.05) is 23.1 Å². The zero-order valence-electron chi connectivity index (χ0n) is 20.1. The molecule has 0 atom stereocenters. The summed E-state index contributed by atoms with van der Waals surface area (Å²) < 4.78 is 12.1. The molecule has 6 nitrogen and oxygen atoms in total. The van der Waals surface area contributed by atoms with Gasteiger partial charge in [-0.2, -0.15) is 0 Å². The molecular weight excluding hydrogens is 440 g/mol. The maximum Gasteiger partial charge on any atom is 0.243 e. The lowest BCUT2D eigenvalue weighted by Crippen LogP contribution is -2.17. The first-order valence-electron chi connectivity index (χ1n) is 11.8. The van der Waals surface area contributed by atoms with Crippen molar-refractivity contribution in [2.45, 2.75) is 39.5 Å². The molecule has 0 saturated heterocycles. The first kappa shape index (κ1) is 24.2. The molecule has 0 spiro atoms. The molecule has 0 fully saturated rings. The molecule has 6 heteroatoms. The van der Waals surface area contributed by atoms with Crippen molar-refractivity contribution in [2.24, 2.45) is 0 Å². The summed E-state index contributed by atoms with van der Waals surface area (Å²) in [7, 11) is 0. The van der Waals surface area contributed by atoms with E-state index in [0.29, 0.717) is 25.3 Å². The highest BCUT2D eigenvalue weighted by atomic mass is 16.5. The number of aromatic nitrogens is 1. The number of benzene rings is 3. The van der Waals surface area contributed by atoms with Crippen LogP contribution in [0.5, 0.6) is 5.75 Å².